The third kappa shape index (κ3) is 4.01. The number of nitrogens with zero attached hydrogens (tertiary/aromatic N) is 3. The van der Waals surface area contributed by atoms with Crippen molar-refractivity contribution in [3.63, 3.8) is 0 Å². The molecule has 1 fully saturated rings. The number of hydrogen-bond acceptors (Lipinski definition) is 4. The highest BCUT2D eigenvalue weighted by Gasteiger charge is 2.40. The molecule has 1 N–H and O–H groups in total. The van der Waals surface area contributed by atoms with Crippen LogP contribution < -0.4 is 0 Å². The Morgan fingerprint density at radius 3 is 2.54 bits per heavy atom. The monoisotopic (exact) mass is 397 g/mol. The second kappa shape index (κ2) is 7.63. The Morgan fingerprint density at radius 2 is 2.00 bits per heavy atom. The molecule has 7 nitrogen and oxygen atoms in total. The summed E-state index contributed by atoms with van der Waals surface area (Å²) in [5, 5.41) is 12.5. The van der Waals surface area contributed by atoms with Crippen molar-refractivity contribution in [2.24, 2.45) is 5.92 Å². The molecule has 1 saturated heterocycles. The van der Waals surface area contributed by atoms with Gasteiger partial charge in [0.25, 0.3) is 5.91 Å². The van der Waals surface area contributed by atoms with Gasteiger partial charge in [-0.1, -0.05) is 0 Å². The van der Waals surface area contributed by atoms with Crippen LogP contribution in [0.1, 0.15) is 32.8 Å². The van der Waals surface area contributed by atoms with Gasteiger partial charge in [0.2, 0.25) is 0 Å². The lowest BCUT2D eigenvalue weighted by molar-refractivity contribution is -0.143. The van der Waals surface area contributed by atoms with Gasteiger partial charge in [0, 0.05) is 31.7 Å². The number of aromatic nitrogens is 2. The maximum atomic E-state index is 13.3. The molecule has 0 spiro atoms. The number of benzene rings is 1. The molecule has 150 valence electrons. The number of hydrogen-bond donors (Lipinski definition) is 1. The lowest BCUT2D eigenvalue weighted by atomic mass is 10.1. The van der Waals surface area contributed by atoms with Gasteiger partial charge in [-0.2, -0.15) is 18.3 Å². The van der Waals surface area contributed by atoms with Crippen LogP contribution in [0.25, 0.3) is 5.69 Å². The minimum atomic E-state index is -4.90. The van der Waals surface area contributed by atoms with Gasteiger partial charge in [-0.05, 0) is 30.7 Å². The zero-order valence-corrected chi connectivity index (χ0v) is 14.9. The number of alkyl halides is 3. The van der Waals surface area contributed by atoms with E-state index in [2.05, 4.69) is 5.10 Å². The zero-order valence-electron chi connectivity index (χ0n) is 14.9. The van der Waals surface area contributed by atoms with E-state index in [-0.39, 0.29) is 17.5 Å². The molecule has 0 saturated carbocycles. The van der Waals surface area contributed by atoms with Crippen LogP contribution in [0, 0.1) is 5.92 Å². The number of carboxylic acid groups (broad SMARTS) is 1. The molecule has 1 aromatic heterocycles. The molecule has 0 aliphatic carbocycles. The summed E-state index contributed by atoms with van der Waals surface area (Å²) in [5.74, 6) is -1.72. The van der Waals surface area contributed by atoms with Gasteiger partial charge in [-0.3, -0.25) is 4.79 Å². The molecule has 0 radical (unpaired) electrons. The number of carboxylic acids is 1. The first-order valence-corrected chi connectivity index (χ1v) is 8.50. The summed E-state index contributed by atoms with van der Waals surface area (Å²) in [6.07, 6.45) is -3.37. The van der Waals surface area contributed by atoms with E-state index in [1.54, 1.807) is 11.9 Å². The first-order valence-electron chi connectivity index (χ1n) is 8.50. The zero-order chi connectivity index (χ0) is 20.5. The number of carbonyl (C=O) groups is 2. The van der Waals surface area contributed by atoms with E-state index in [0.717, 1.165) is 6.42 Å². The predicted molar refractivity (Wildman–Crippen MR) is 91.4 cm³/mol. The Bertz CT molecular complexity index is 871. The van der Waals surface area contributed by atoms with Crippen molar-refractivity contribution in [2.75, 3.05) is 26.8 Å². The van der Waals surface area contributed by atoms with E-state index in [0.29, 0.717) is 36.2 Å². The molecule has 1 amide bonds. The number of halogens is 3. The quantitative estimate of drug-likeness (QED) is 0.839. The van der Waals surface area contributed by atoms with Gasteiger partial charge in [-0.15, -0.1) is 0 Å². The molecule has 1 aliphatic rings. The average Bonchev–Trinajstić information content (AvgIpc) is 3.30. The number of ether oxygens (including phenoxy) is 1. The number of rotatable bonds is 5. The summed E-state index contributed by atoms with van der Waals surface area (Å²) in [6.45, 7) is 1.80. The molecular formula is C18H18F3N3O4. The highest BCUT2D eigenvalue weighted by molar-refractivity contribution is 5.94. The van der Waals surface area contributed by atoms with Crippen LogP contribution in [-0.4, -0.2) is 58.5 Å². The van der Waals surface area contributed by atoms with Crippen molar-refractivity contribution in [3.05, 3.63) is 47.3 Å². The number of carbonyl (C=O) groups excluding carboxylic acids is 1. The lowest BCUT2D eigenvalue weighted by Gasteiger charge is -2.20. The van der Waals surface area contributed by atoms with Gasteiger partial charge < -0.3 is 14.7 Å². The van der Waals surface area contributed by atoms with Crippen LogP contribution in [-0.2, 0) is 10.9 Å². The molecule has 1 unspecified atom stereocenters. The van der Waals surface area contributed by atoms with Crippen molar-refractivity contribution in [1.82, 2.24) is 14.7 Å². The summed E-state index contributed by atoms with van der Waals surface area (Å²) >= 11 is 0. The van der Waals surface area contributed by atoms with Crippen LogP contribution in [0.3, 0.4) is 0 Å². The second-order valence-corrected chi connectivity index (χ2v) is 6.58. The van der Waals surface area contributed by atoms with Crippen LogP contribution in [0.4, 0.5) is 13.2 Å². The van der Waals surface area contributed by atoms with E-state index in [1.807, 2.05) is 0 Å². The third-order valence-corrected chi connectivity index (χ3v) is 4.53. The van der Waals surface area contributed by atoms with E-state index in [9.17, 15) is 22.8 Å². The van der Waals surface area contributed by atoms with E-state index in [1.165, 1.54) is 24.3 Å². The smallest absolute Gasteiger partial charge is 0.434 e. The first-order chi connectivity index (χ1) is 13.2. The van der Waals surface area contributed by atoms with Crippen molar-refractivity contribution in [1.29, 1.82) is 0 Å². The lowest BCUT2D eigenvalue weighted by Crippen LogP contribution is -2.32. The van der Waals surface area contributed by atoms with Crippen molar-refractivity contribution < 1.29 is 32.6 Å². The van der Waals surface area contributed by atoms with Crippen molar-refractivity contribution in [3.8, 4) is 5.69 Å². The average molecular weight is 397 g/mol. The summed E-state index contributed by atoms with van der Waals surface area (Å²) in [4.78, 5) is 25.1. The Labute approximate surface area is 158 Å². The maximum Gasteiger partial charge on any atom is 0.434 e. The summed E-state index contributed by atoms with van der Waals surface area (Å²) < 4.78 is 45.7. The van der Waals surface area contributed by atoms with Crippen LogP contribution in [0.15, 0.2) is 30.5 Å². The fraction of sp³-hybridized carbons (Fsp3) is 0.389. The van der Waals surface area contributed by atoms with E-state index < -0.39 is 23.4 Å². The molecule has 2 aromatic rings. The molecule has 1 aromatic carbocycles. The molecule has 1 atom stereocenters. The highest BCUT2D eigenvalue weighted by Crippen LogP contribution is 2.33. The molecule has 28 heavy (non-hydrogen) atoms. The van der Waals surface area contributed by atoms with Gasteiger partial charge in [0.1, 0.15) is 5.56 Å². The minimum absolute atomic E-state index is 0.00298. The maximum absolute atomic E-state index is 13.3. The number of amides is 1. The SMILES string of the molecule is CN(CC1CCOC1)C(=O)c1ccc(-n2ncc(C(=O)O)c2C(F)(F)F)cc1. The van der Waals surface area contributed by atoms with Crippen molar-refractivity contribution >= 4 is 11.9 Å². The standard InChI is InChI=1S/C18H18F3N3O4/c1-23(9-11-6-7-28-10-11)16(25)12-2-4-13(5-3-12)24-15(18(19,20)21)14(8-22-24)17(26)27/h2-5,8,11H,6-7,9-10H2,1H3,(H,26,27). The Hall–Kier alpha value is -2.88. The van der Waals surface area contributed by atoms with Crippen LogP contribution in [0.5, 0.6) is 0 Å². The minimum Gasteiger partial charge on any atom is -0.478 e. The highest BCUT2D eigenvalue weighted by atomic mass is 19.4. The van der Waals surface area contributed by atoms with Gasteiger partial charge in [0.05, 0.1) is 18.5 Å². The Morgan fingerprint density at radius 1 is 1.32 bits per heavy atom. The Balaban J connectivity index is 1.83. The fourth-order valence-electron chi connectivity index (χ4n) is 3.14. The number of aromatic carboxylic acids is 1. The summed E-state index contributed by atoms with van der Waals surface area (Å²) in [6, 6.07) is 5.38. The topological polar surface area (TPSA) is 84.7 Å². The van der Waals surface area contributed by atoms with Crippen molar-refractivity contribution in [2.45, 2.75) is 12.6 Å². The normalized spacial score (nSPS) is 16.9. The second-order valence-electron chi connectivity index (χ2n) is 6.58. The molecule has 0 bridgehead atoms. The van der Waals surface area contributed by atoms with Crippen LogP contribution >= 0.6 is 0 Å². The molecule has 10 heteroatoms. The predicted octanol–water partition coefficient (Wildman–Crippen LogP) is 2.70. The fourth-order valence-corrected chi connectivity index (χ4v) is 3.14. The van der Waals surface area contributed by atoms with Gasteiger partial charge in [-0.25, -0.2) is 9.48 Å². The molecular weight excluding hydrogens is 379 g/mol. The van der Waals surface area contributed by atoms with Gasteiger partial charge in [0.15, 0.2) is 5.69 Å². The van der Waals surface area contributed by atoms with Gasteiger partial charge >= 0.3 is 12.1 Å². The first kappa shape index (κ1) is 19.9. The molecule has 1 aliphatic heterocycles. The van der Waals surface area contributed by atoms with E-state index in [4.69, 9.17) is 9.84 Å². The third-order valence-electron chi connectivity index (χ3n) is 4.53. The summed E-state index contributed by atoms with van der Waals surface area (Å²) in [7, 11) is 1.66. The molecule has 2 heterocycles. The Kier molecular flexibility index (Phi) is 5.41. The molecule has 3 rings (SSSR count). The summed E-state index contributed by atoms with van der Waals surface area (Å²) in [5.41, 5.74) is -2.00. The van der Waals surface area contributed by atoms with E-state index >= 15 is 0 Å². The largest absolute Gasteiger partial charge is 0.478 e. The van der Waals surface area contributed by atoms with Crippen LogP contribution in [0.2, 0.25) is 0 Å².